The molecular formula is C17H27N3S. The summed E-state index contributed by atoms with van der Waals surface area (Å²) < 4.78 is 0. The number of anilines is 1. The smallest absolute Gasteiger partial charge is 0.173 e. The van der Waals surface area contributed by atoms with Gasteiger partial charge in [0.15, 0.2) is 5.11 Å². The van der Waals surface area contributed by atoms with Crippen LogP contribution < -0.4 is 5.32 Å². The van der Waals surface area contributed by atoms with E-state index in [1.165, 1.54) is 24.8 Å². The number of benzene rings is 1. The van der Waals surface area contributed by atoms with E-state index < -0.39 is 0 Å². The Balaban J connectivity index is 1.82. The van der Waals surface area contributed by atoms with Crippen LogP contribution in [0.5, 0.6) is 0 Å². The van der Waals surface area contributed by atoms with Crippen LogP contribution in [0.3, 0.4) is 0 Å². The van der Waals surface area contributed by atoms with Crippen molar-refractivity contribution in [3.05, 3.63) is 29.8 Å². The molecule has 1 N–H and O–H groups in total. The number of piperazine rings is 1. The Bertz CT molecular complexity index is 436. The molecule has 3 nitrogen and oxygen atoms in total. The van der Waals surface area contributed by atoms with Crippen molar-refractivity contribution >= 4 is 23.0 Å². The van der Waals surface area contributed by atoms with Gasteiger partial charge in [0.25, 0.3) is 0 Å². The maximum atomic E-state index is 5.53. The lowest BCUT2D eigenvalue weighted by Gasteiger charge is -2.35. The van der Waals surface area contributed by atoms with Crippen LogP contribution in [0.4, 0.5) is 5.69 Å². The summed E-state index contributed by atoms with van der Waals surface area (Å²) in [6.07, 6.45) is 3.67. The lowest BCUT2D eigenvalue weighted by atomic mass is 10.1. The molecule has 1 heterocycles. The molecule has 116 valence electrons. The van der Waals surface area contributed by atoms with Crippen molar-refractivity contribution in [1.29, 1.82) is 0 Å². The van der Waals surface area contributed by atoms with Gasteiger partial charge in [-0.15, -0.1) is 0 Å². The van der Waals surface area contributed by atoms with Crippen LogP contribution in [0.1, 0.15) is 32.3 Å². The van der Waals surface area contributed by atoms with E-state index in [9.17, 15) is 0 Å². The summed E-state index contributed by atoms with van der Waals surface area (Å²) in [7, 11) is 0. The van der Waals surface area contributed by atoms with Crippen LogP contribution in [-0.2, 0) is 6.42 Å². The Kier molecular flexibility index (Phi) is 6.46. The normalized spacial score (nSPS) is 16.0. The number of thiocarbonyl (C=S) groups is 1. The first kappa shape index (κ1) is 16.2. The Morgan fingerprint density at radius 1 is 1.10 bits per heavy atom. The van der Waals surface area contributed by atoms with Crippen LogP contribution >= 0.6 is 12.2 Å². The predicted octanol–water partition coefficient (Wildman–Crippen LogP) is 3.36. The van der Waals surface area contributed by atoms with Crippen LogP contribution in [0, 0.1) is 0 Å². The fraction of sp³-hybridized carbons (Fsp3) is 0.588. The number of nitrogens with zero attached hydrogens (tertiary/aromatic N) is 2. The SMILES string of the molecule is CCCCc1ccc(NC(=S)N2CCN(CC)CC2)cc1. The number of nitrogens with one attached hydrogen (secondary N) is 1. The summed E-state index contributed by atoms with van der Waals surface area (Å²) in [4.78, 5) is 4.73. The van der Waals surface area contributed by atoms with Gasteiger partial charge in [0, 0.05) is 31.9 Å². The molecule has 0 aliphatic carbocycles. The molecule has 0 amide bonds. The van der Waals surface area contributed by atoms with Gasteiger partial charge in [-0.3, -0.25) is 0 Å². The molecule has 0 aromatic heterocycles. The third-order valence-corrected chi connectivity index (χ3v) is 4.49. The Labute approximate surface area is 134 Å². The van der Waals surface area contributed by atoms with Crippen molar-refractivity contribution in [3.8, 4) is 0 Å². The Morgan fingerprint density at radius 2 is 1.76 bits per heavy atom. The third kappa shape index (κ3) is 4.97. The zero-order chi connectivity index (χ0) is 15.1. The minimum Gasteiger partial charge on any atom is -0.346 e. The molecule has 1 aliphatic rings. The minimum atomic E-state index is 0.854. The highest BCUT2D eigenvalue weighted by atomic mass is 32.1. The fourth-order valence-electron chi connectivity index (χ4n) is 2.61. The standard InChI is InChI=1S/C17H27N3S/c1-3-5-6-15-7-9-16(10-8-15)18-17(21)20-13-11-19(4-2)12-14-20/h7-10H,3-6,11-14H2,1-2H3,(H,18,21). The van der Waals surface area contributed by atoms with Crippen LogP contribution in [0.25, 0.3) is 0 Å². The lowest BCUT2D eigenvalue weighted by Crippen LogP contribution is -2.49. The largest absolute Gasteiger partial charge is 0.346 e. The zero-order valence-electron chi connectivity index (χ0n) is 13.3. The molecule has 0 atom stereocenters. The van der Waals surface area contributed by atoms with Gasteiger partial charge in [-0.25, -0.2) is 0 Å². The third-order valence-electron chi connectivity index (χ3n) is 4.13. The maximum absolute atomic E-state index is 5.53. The monoisotopic (exact) mass is 305 g/mol. The molecule has 0 radical (unpaired) electrons. The molecule has 4 heteroatoms. The van der Waals surface area contributed by atoms with E-state index in [1.807, 2.05) is 0 Å². The average Bonchev–Trinajstić information content (AvgIpc) is 2.54. The fourth-order valence-corrected chi connectivity index (χ4v) is 2.91. The first-order valence-corrected chi connectivity index (χ1v) is 8.51. The van der Waals surface area contributed by atoms with E-state index >= 15 is 0 Å². The van der Waals surface area contributed by atoms with Gasteiger partial charge in [0.2, 0.25) is 0 Å². The van der Waals surface area contributed by atoms with E-state index in [0.717, 1.165) is 43.5 Å². The summed E-state index contributed by atoms with van der Waals surface area (Å²) in [5.41, 5.74) is 2.50. The molecular weight excluding hydrogens is 278 g/mol. The number of rotatable bonds is 5. The molecule has 0 unspecified atom stereocenters. The predicted molar refractivity (Wildman–Crippen MR) is 95.0 cm³/mol. The first-order valence-electron chi connectivity index (χ1n) is 8.10. The van der Waals surface area contributed by atoms with Crippen molar-refractivity contribution in [3.63, 3.8) is 0 Å². The topological polar surface area (TPSA) is 18.5 Å². The van der Waals surface area contributed by atoms with E-state index in [2.05, 4.69) is 53.2 Å². The molecule has 21 heavy (non-hydrogen) atoms. The van der Waals surface area contributed by atoms with Crippen molar-refractivity contribution in [2.75, 3.05) is 38.0 Å². The van der Waals surface area contributed by atoms with Gasteiger partial charge < -0.3 is 15.1 Å². The van der Waals surface area contributed by atoms with Gasteiger partial charge >= 0.3 is 0 Å². The van der Waals surface area contributed by atoms with E-state index in [4.69, 9.17) is 12.2 Å². The summed E-state index contributed by atoms with van der Waals surface area (Å²) in [5, 5.41) is 4.22. The quantitative estimate of drug-likeness (QED) is 0.840. The zero-order valence-corrected chi connectivity index (χ0v) is 14.1. The van der Waals surface area contributed by atoms with Gasteiger partial charge in [-0.1, -0.05) is 32.4 Å². The second-order valence-corrected chi connectivity index (χ2v) is 6.04. The molecule has 0 bridgehead atoms. The molecule has 1 aromatic rings. The Morgan fingerprint density at radius 3 is 2.33 bits per heavy atom. The van der Waals surface area contributed by atoms with Crippen molar-refractivity contribution < 1.29 is 0 Å². The highest BCUT2D eigenvalue weighted by molar-refractivity contribution is 7.80. The summed E-state index contributed by atoms with van der Waals surface area (Å²) in [6, 6.07) is 8.68. The molecule has 2 rings (SSSR count). The van der Waals surface area contributed by atoms with Crippen molar-refractivity contribution in [2.45, 2.75) is 33.1 Å². The molecule has 1 fully saturated rings. The second-order valence-electron chi connectivity index (χ2n) is 5.65. The second kappa shape index (κ2) is 8.35. The molecule has 0 saturated carbocycles. The maximum Gasteiger partial charge on any atom is 0.173 e. The van der Waals surface area contributed by atoms with Gasteiger partial charge in [0.05, 0.1) is 0 Å². The number of hydrogen-bond acceptors (Lipinski definition) is 2. The van der Waals surface area contributed by atoms with Crippen LogP contribution in [-0.4, -0.2) is 47.6 Å². The van der Waals surface area contributed by atoms with Gasteiger partial charge in [-0.05, 0) is 49.3 Å². The van der Waals surface area contributed by atoms with E-state index in [-0.39, 0.29) is 0 Å². The Hall–Kier alpha value is -1.13. The summed E-state index contributed by atoms with van der Waals surface area (Å²) >= 11 is 5.53. The van der Waals surface area contributed by atoms with Gasteiger partial charge in [0.1, 0.15) is 0 Å². The summed E-state index contributed by atoms with van der Waals surface area (Å²) in [6.45, 7) is 9.83. The van der Waals surface area contributed by atoms with Crippen molar-refractivity contribution in [2.24, 2.45) is 0 Å². The molecule has 1 aliphatic heterocycles. The van der Waals surface area contributed by atoms with Crippen LogP contribution in [0.2, 0.25) is 0 Å². The van der Waals surface area contributed by atoms with Crippen molar-refractivity contribution in [1.82, 2.24) is 9.80 Å². The molecule has 0 spiro atoms. The number of hydrogen-bond donors (Lipinski definition) is 1. The molecule has 1 saturated heterocycles. The number of likely N-dealkylation sites (N-methyl/N-ethyl adjacent to an activating group) is 1. The lowest BCUT2D eigenvalue weighted by molar-refractivity contribution is 0.191. The van der Waals surface area contributed by atoms with E-state index in [1.54, 1.807) is 0 Å². The minimum absolute atomic E-state index is 0.854. The van der Waals surface area contributed by atoms with E-state index in [0.29, 0.717) is 0 Å². The van der Waals surface area contributed by atoms with Crippen LogP contribution in [0.15, 0.2) is 24.3 Å². The number of unbranched alkanes of at least 4 members (excludes halogenated alkanes) is 1. The average molecular weight is 305 g/mol. The summed E-state index contributed by atoms with van der Waals surface area (Å²) in [5.74, 6) is 0. The molecule has 1 aromatic carbocycles. The highest BCUT2D eigenvalue weighted by Crippen LogP contribution is 2.13. The highest BCUT2D eigenvalue weighted by Gasteiger charge is 2.17. The number of aryl methyl sites for hydroxylation is 1. The van der Waals surface area contributed by atoms with Gasteiger partial charge in [-0.2, -0.15) is 0 Å². The first-order chi connectivity index (χ1) is 10.2.